The summed E-state index contributed by atoms with van der Waals surface area (Å²) in [6.45, 7) is 3.21. The first-order valence-electron chi connectivity index (χ1n) is 9.99. The second-order valence-electron chi connectivity index (χ2n) is 7.16. The molecule has 0 saturated carbocycles. The molecule has 1 aliphatic heterocycles. The van der Waals surface area contributed by atoms with Crippen molar-refractivity contribution in [2.75, 3.05) is 36.5 Å². The van der Waals surface area contributed by atoms with E-state index in [0.717, 1.165) is 59.7 Å². The Kier molecular flexibility index (Phi) is 5.22. The average Bonchev–Trinajstić information content (AvgIpc) is 2.80. The number of para-hydroxylation sites is 3. The van der Waals surface area contributed by atoms with Crippen molar-refractivity contribution in [3.05, 3.63) is 77.9 Å². The molecule has 1 aromatic heterocycles. The largest absolute Gasteiger partial charge is 0.378 e. The van der Waals surface area contributed by atoms with Gasteiger partial charge >= 0.3 is 0 Å². The van der Waals surface area contributed by atoms with Crippen LogP contribution in [0.2, 0.25) is 5.02 Å². The highest BCUT2D eigenvalue weighted by Gasteiger charge is 2.16. The van der Waals surface area contributed by atoms with Gasteiger partial charge in [-0.15, -0.1) is 0 Å². The number of fused-ring (bicyclic) bond motifs is 1. The zero-order chi connectivity index (χ0) is 20.3. The molecule has 0 unspecified atom stereocenters. The van der Waals surface area contributed by atoms with Crippen molar-refractivity contribution < 1.29 is 4.74 Å². The lowest BCUT2D eigenvalue weighted by molar-refractivity contribution is 0.123. The first-order valence-corrected chi connectivity index (χ1v) is 10.4. The van der Waals surface area contributed by atoms with Crippen LogP contribution in [-0.2, 0) is 4.74 Å². The van der Waals surface area contributed by atoms with Gasteiger partial charge in [-0.2, -0.15) is 0 Å². The van der Waals surface area contributed by atoms with Gasteiger partial charge in [-0.1, -0.05) is 60.1 Å². The molecule has 0 amide bonds. The Labute approximate surface area is 180 Å². The second kappa shape index (κ2) is 8.30. The van der Waals surface area contributed by atoms with Crippen LogP contribution < -0.4 is 10.2 Å². The fourth-order valence-corrected chi connectivity index (χ4v) is 4.03. The molecule has 3 aromatic carbocycles. The van der Waals surface area contributed by atoms with Gasteiger partial charge in [0, 0.05) is 40.8 Å². The van der Waals surface area contributed by atoms with Gasteiger partial charge in [-0.25, -0.2) is 9.97 Å². The van der Waals surface area contributed by atoms with Crippen molar-refractivity contribution in [2.24, 2.45) is 0 Å². The van der Waals surface area contributed by atoms with Gasteiger partial charge in [-0.3, -0.25) is 0 Å². The normalized spacial score (nSPS) is 14.1. The topological polar surface area (TPSA) is 50.3 Å². The summed E-state index contributed by atoms with van der Waals surface area (Å²) in [6, 6.07) is 22.1. The summed E-state index contributed by atoms with van der Waals surface area (Å²) in [4.78, 5) is 11.7. The van der Waals surface area contributed by atoms with Gasteiger partial charge < -0.3 is 15.0 Å². The zero-order valence-electron chi connectivity index (χ0n) is 16.4. The number of nitrogens with one attached hydrogen (secondary N) is 1. The summed E-state index contributed by atoms with van der Waals surface area (Å²) in [5, 5.41) is 5.09. The lowest BCUT2D eigenvalue weighted by atomic mass is 10.0. The molecule has 0 spiro atoms. The van der Waals surface area contributed by atoms with Gasteiger partial charge in [0.2, 0.25) is 5.95 Å². The number of hydrogen-bond donors (Lipinski definition) is 1. The van der Waals surface area contributed by atoms with Crippen LogP contribution in [0.5, 0.6) is 0 Å². The molecule has 1 saturated heterocycles. The van der Waals surface area contributed by atoms with Crippen LogP contribution in [0.25, 0.3) is 22.0 Å². The van der Waals surface area contributed by atoms with Crippen molar-refractivity contribution >= 4 is 39.8 Å². The predicted molar refractivity (Wildman–Crippen MR) is 123 cm³/mol. The number of anilines is 3. The van der Waals surface area contributed by atoms with E-state index in [-0.39, 0.29) is 0 Å². The van der Waals surface area contributed by atoms with Crippen molar-refractivity contribution in [2.45, 2.75) is 0 Å². The number of nitrogens with zero attached hydrogens (tertiary/aromatic N) is 3. The fraction of sp³-hybridized carbons (Fsp3) is 0.167. The zero-order valence-corrected chi connectivity index (χ0v) is 17.1. The van der Waals surface area contributed by atoms with Crippen molar-refractivity contribution in [1.29, 1.82) is 0 Å². The number of hydrogen-bond acceptors (Lipinski definition) is 5. The minimum atomic E-state index is 0.558. The summed E-state index contributed by atoms with van der Waals surface area (Å²) in [5.74, 6) is 0.558. The molecular weight excluding hydrogens is 396 g/mol. The Morgan fingerprint density at radius 1 is 0.867 bits per heavy atom. The molecule has 6 heteroatoms. The van der Waals surface area contributed by atoms with Crippen LogP contribution in [0.1, 0.15) is 0 Å². The number of ether oxygens (including phenoxy) is 1. The van der Waals surface area contributed by atoms with E-state index >= 15 is 0 Å². The van der Waals surface area contributed by atoms with E-state index in [9.17, 15) is 0 Å². The molecule has 0 aliphatic carbocycles. The third kappa shape index (κ3) is 3.70. The number of aromatic nitrogens is 2. The fourth-order valence-electron chi connectivity index (χ4n) is 3.79. The summed E-state index contributed by atoms with van der Waals surface area (Å²) >= 11 is 6.46. The molecule has 2 heterocycles. The maximum absolute atomic E-state index is 6.46. The average molecular weight is 417 g/mol. The van der Waals surface area contributed by atoms with Gasteiger partial charge in [0.05, 0.1) is 30.1 Å². The number of halogens is 1. The number of rotatable bonds is 4. The van der Waals surface area contributed by atoms with Crippen LogP contribution >= 0.6 is 11.6 Å². The summed E-state index contributed by atoms with van der Waals surface area (Å²) in [7, 11) is 0. The van der Waals surface area contributed by atoms with Crippen LogP contribution in [0.3, 0.4) is 0 Å². The smallest absolute Gasteiger partial charge is 0.227 e. The van der Waals surface area contributed by atoms with E-state index in [2.05, 4.69) is 27.3 Å². The Morgan fingerprint density at radius 2 is 1.63 bits per heavy atom. The Balaban J connectivity index is 1.54. The van der Waals surface area contributed by atoms with Gasteiger partial charge in [0.1, 0.15) is 0 Å². The van der Waals surface area contributed by atoms with E-state index in [1.807, 2.05) is 60.8 Å². The highest BCUT2D eigenvalue weighted by molar-refractivity contribution is 6.33. The number of morpholine rings is 1. The van der Waals surface area contributed by atoms with Crippen LogP contribution in [0, 0.1) is 0 Å². The first kappa shape index (κ1) is 18.9. The van der Waals surface area contributed by atoms with Gasteiger partial charge in [-0.05, 0) is 18.2 Å². The highest BCUT2D eigenvalue weighted by Crippen LogP contribution is 2.33. The lowest BCUT2D eigenvalue weighted by Crippen LogP contribution is -2.36. The summed E-state index contributed by atoms with van der Waals surface area (Å²) in [6.07, 6.45) is 1.85. The third-order valence-corrected chi connectivity index (χ3v) is 5.61. The molecule has 1 N–H and O–H groups in total. The van der Waals surface area contributed by atoms with E-state index < -0.39 is 0 Å². The molecule has 5 rings (SSSR count). The van der Waals surface area contributed by atoms with E-state index in [0.29, 0.717) is 11.0 Å². The Morgan fingerprint density at radius 3 is 2.50 bits per heavy atom. The molecule has 150 valence electrons. The molecule has 0 radical (unpaired) electrons. The van der Waals surface area contributed by atoms with Gasteiger partial charge in [0.25, 0.3) is 0 Å². The van der Waals surface area contributed by atoms with E-state index in [1.165, 1.54) is 0 Å². The summed E-state index contributed by atoms with van der Waals surface area (Å²) < 4.78 is 5.49. The standard InChI is InChI=1S/C24H21ClN4O/c25-20-9-2-1-7-18(20)19-8-5-6-17-16-26-24(28-23(17)19)27-21-10-3-4-11-22(21)29-12-14-30-15-13-29/h1-11,16H,12-15H2,(H,26,27,28). The quantitative estimate of drug-likeness (QED) is 0.474. The molecular formula is C24H21ClN4O. The van der Waals surface area contributed by atoms with E-state index in [1.54, 1.807) is 0 Å². The second-order valence-corrected chi connectivity index (χ2v) is 7.57. The van der Waals surface area contributed by atoms with Crippen LogP contribution in [0.15, 0.2) is 72.9 Å². The van der Waals surface area contributed by atoms with Crippen molar-refractivity contribution in [3.63, 3.8) is 0 Å². The molecule has 0 bridgehead atoms. The van der Waals surface area contributed by atoms with Crippen molar-refractivity contribution in [1.82, 2.24) is 9.97 Å². The minimum absolute atomic E-state index is 0.558. The Bertz CT molecular complexity index is 1190. The predicted octanol–water partition coefficient (Wildman–Crippen LogP) is 5.53. The molecule has 1 aliphatic rings. The molecule has 4 aromatic rings. The molecule has 0 atom stereocenters. The molecule has 5 nitrogen and oxygen atoms in total. The maximum Gasteiger partial charge on any atom is 0.227 e. The Hall–Kier alpha value is -3.15. The number of benzene rings is 3. The highest BCUT2D eigenvalue weighted by atomic mass is 35.5. The first-order chi connectivity index (χ1) is 14.8. The summed E-state index contributed by atoms with van der Waals surface area (Å²) in [5.41, 5.74) is 4.93. The van der Waals surface area contributed by atoms with Crippen molar-refractivity contribution in [3.8, 4) is 11.1 Å². The van der Waals surface area contributed by atoms with Crippen LogP contribution in [-0.4, -0.2) is 36.3 Å². The third-order valence-electron chi connectivity index (χ3n) is 5.28. The molecule has 1 fully saturated rings. The maximum atomic E-state index is 6.46. The lowest BCUT2D eigenvalue weighted by Gasteiger charge is -2.30. The minimum Gasteiger partial charge on any atom is -0.378 e. The van der Waals surface area contributed by atoms with E-state index in [4.69, 9.17) is 21.3 Å². The SMILES string of the molecule is Clc1ccccc1-c1cccc2cnc(Nc3ccccc3N3CCOCC3)nc12. The monoisotopic (exact) mass is 416 g/mol. The molecule has 30 heavy (non-hydrogen) atoms. The van der Waals surface area contributed by atoms with Gasteiger partial charge in [0.15, 0.2) is 0 Å². The van der Waals surface area contributed by atoms with Crippen LogP contribution in [0.4, 0.5) is 17.3 Å².